The molecule has 3 heteroatoms. The van der Waals surface area contributed by atoms with Crippen molar-refractivity contribution in [1.29, 1.82) is 0 Å². The summed E-state index contributed by atoms with van der Waals surface area (Å²) < 4.78 is 0. The van der Waals surface area contributed by atoms with Crippen LogP contribution in [0.3, 0.4) is 0 Å². The topological polar surface area (TPSA) is 44.3 Å². The Labute approximate surface area is 121 Å². The Morgan fingerprint density at radius 1 is 1.20 bits per heavy atom. The van der Waals surface area contributed by atoms with Crippen molar-refractivity contribution in [3.63, 3.8) is 0 Å². The van der Waals surface area contributed by atoms with Crippen molar-refractivity contribution in [2.45, 2.75) is 45.1 Å². The van der Waals surface area contributed by atoms with E-state index < -0.39 is 0 Å². The Morgan fingerprint density at radius 3 is 2.85 bits per heavy atom. The normalized spacial score (nSPS) is 20.4. The van der Waals surface area contributed by atoms with Crippen molar-refractivity contribution in [1.82, 2.24) is 5.32 Å². The van der Waals surface area contributed by atoms with Crippen LogP contribution in [-0.4, -0.2) is 24.8 Å². The van der Waals surface area contributed by atoms with Crippen LogP contribution in [0.15, 0.2) is 18.2 Å². The Balaban J connectivity index is 1.58. The molecule has 20 heavy (non-hydrogen) atoms. The number of hydrogen-bond donors (Lipinski definition) is 3. The van der Waals surface area contributed by atoms with E-state index in [0.717, 1.165) is 26.1 Å². The molecule has 110 valence electrons. The SMILES string of the molecule is OCC1(CNCc2cccc3c2NCC3)CCCCC1. The zero-order valence-corrected chi connectivity index (χ0v) is 12.3. The second kappa shape index (κ2) is 6.15. The van der Waals surface area contributed by atoms with Gasteiger partial charge in [-0.1, -0.05) is 37.5 Å². The zero-order chi connectivity index (χ0) is 13.8. The number of aliphatic hydroxyl groups excluding tert-OH is 1. The van der Waals surface area contributed by atoms with Gasteiger partial charge in [-0.25, -0.2) is 0 Å². The quantitative estimate of drug-likeness (QED) is 0.773. The van der Waals surface area contributed by atoms with Crippen molar-refractivity contribution < 1.29 is 5.11 Å². The molecule has 0 saturated heterocycles. The van der Waals surface area contributed by atoms with Gasteiger partial charge in [0, 0.05) is 37.3 Å². The van der Waals surface area contributed by atoms with Crippen LogP contribution < -0.4 is 10.6 Å². The number of hydrogen-bond acceptors (Lipinski definition) is 3. The Kier molecular flexibility index (Phi) is 4.27. The van der Waals surface area contributed by atoms with Crippen molar-refractivity contribution in [2.75, 3.05) is 25.0 Å². The Bertz CT molecular complexity index is 452. The molecular formula is C17H26N2O. The van der Waals surface area contributed by atoms with E-state index in [4.69, 9.17) is 0 Å². The van der Waals surface area contributed by atoms with Gasteiger partial charge in [-0.05, 0) is 30.4 Å². The summed E-state index contributed by atoms with van der Waals surface area (Å²) in [6.07, 6.45) is 7.35. The molecule has 3 rings (SSSR count). The lowest BCUT2D eigenvalue weighted by molar-refractivity contribution is 0.0811. The van der Waals surface area contributed by atoms with Gasteiger partial charge in [-0.3, -0.25) is 0 Å². The molecule has 0 spiro atoms. The first-order valence-corrected chi connectivity index (χ1v) is 7.99. The second-order valence-corrected chi connectivity index (χ2v) is 6.45. The molecule has 0 amide bonds. The average molecular weight is 274 g/mol. The highest BCUT2D eigenvalue weighted by Crippen LogP contribution is 2.35. The van der Waals surface area contributed by atoms with Gasteiger partial charge in [0.15, 0.2) is 0 Å². The summed E-state index contributed by atoms with van der Waals surface area (Å²) in [4.78, 5) is 0. The van der Waals surface area contributed by atoms with Crippen molar-refractivity contribution in [2.24, 2.45) is 5.41 Å². The van der Waals surface area contributed by atoms with Crippen LogP contribution in [0.25, 0.3) is 0 Å². The van der Waals surface area contributed by atoms with Crippen LogP contribution in [0.1, 0.15) is 43.2 Å². The molecule has 1 fully saturated rings. The number of benzene rings is 1. The van der Waals surface area contributed by atoms with Crippen LogP contribution in [-0.2, 0) is 13.0 Å². The lowest BCUT2D eigenvalue weighted by Gasteiger charge is -2.36. The number of aliphatic hydroxyl groups is 1. The minimum Gasteiger partial charge on any atom is -0.396 e. The predicted octanol–water partition coefficient (Wildman–Crippen LogP) is 2.69. The predicted molar refractivity (Wildman–Crippen MR) is 82.9 cm³/mol. The van der Waals surface area contributed by atoms with Gasteiger partial charge in [-0.15, -0.1) is 0 Å². The third kappa shape index (κ3) is 2.84. The fourth-order valence-corrected chi connectivity index (χ4v) is 3.71. The highest BCUT2D eigenvalue weighted by molar-refractivity contribution is 5.61. The second-order valence-electron chi connectivity index (χ2n) is 6.45. The van der Waals surface area contributed by atoms with Crippen molar-refractivity contribution in [3.8, 4) is 0 Å². The summed E-state index contributed by atoms with van der Waals surface area (Å²) in [5.74, 6) is 0. The lowest BCUT2D eigenvalue weighted by atomic mass is 9.74. The molecule has 0 aromatic heterocycles. The molecule has 1 heterocycles. The highest BCUT2D eigenvalue weighted by atomic mass is 16.3. The monoisotopic (exact) mass is 274 g/mol. The fourth-order valence-electron chi connectivity index (χ4n) is 3.71. The fraction of sp³-hybridized carbons (Fsp3) is 0.647. The molecule has 1 aliphatic carbocycles. The van der Waals surface area contributed by atoms with Crippen molar-refractivity contribution >= 4 is 5.69 Å². The third-order valence-electron chi connectivity index (χ3n) is 5.00. The van der Waals surface area contributed by atoms with Crippen LogP contribution in [0.5, 0.6) is 0 Å². The number of para-hydroxylation sites is 1. The minimum atomic E-state index is 0.129. The van der Waals surface area contributed by atoms with Gasteiger partial charge in [0.25, 0.3) is 0 Å². The van der Waals surface area contributed by atoms with Gasteiger partial charge in [-0.2, -0.15) is 0 Å². The molecular weight excluding hydrogens is 248 g/mol. The maximum atomic E-state index is 9.74. The molecule has 1 aromatic carbocycles. The summed E-state index contributed by atoms with van der Waals surface area (Å²) in [5.41, 5.74) is 4.27. The van der Waals surface area contributed by atoms with E-state index in [1.165, 1.54) is 48.9 Å². The molecule has 1 aromatic rings. The zero-order valence-electron chi connectivity index (χ0n) is 12.3. The van der Waals surface area contributed by atoms with E-state index in [9.17, 15) is 5.11 Å². The molecule has 0 bridgehead atoms. The number of nitrogens with one attached hydrogen (secondary N) is 2. The standard InChI is InChI=1S/C17H26N2O/c20-13-17(8-2-1-3-9-17)12-18-11-15-6-4-5-14-7-10-19-16(14)15/h4-6,18-20H,1-3,7-13H2. The van der Waals surface area contributed by atoms with Gasteiger partial charge >= 0.3 is 0 Å². The van der Waals surface area contributed by atoms with Gasteiger partial charge < -0.3 is 15.7 Å². The molecule has 0 atom stereocenters. The lowest BCUT2D eigenvalue weighted by Crippen LogP contribution is -2.38. The van der Waals surface area contributed by atoms with E-state index in [0.29, 0.717) is 6.61 Å². The van der Waals surface area contributed by atoms with Crippen LogP contribution in [0.2, 0.25) is 0 Å². The molecule has 0 radical (unpaired) electrons. The Hall–Kier alpha value is -1.06. The molecule has 2 aliphatic rings. The minimum absolute atomic E-state index is 0.129. The average Bonchev–Trinajstić information content (AvgIpc) is 2.98. The molecule has 1 saturated carbocycles. The van der Waals surface area contributed by atoms with Gasteiger partial charge in [0.2, 0.25) is 0 Å². The van der Waals surface area contributed by atoms with E-state index in [2.05, 4.69) is 28.8 Å². The maximum absolute atomic E-state index is 9.74. The van der Waals surface area contributed by atoms with Crippen molar-refractivity contribution in [3.05, 3.63) is 29.3 Å². The smallest absolute Gasteiger partial charge is 0.0499 e. The summed E-state index contributed by atoms with van der Waals surface area (Å²) >= 11 is 0. The first-order valence-electron chi connectivity index (χ1n) is 7.99. The summed E-state index contributed by atoms with van der Waals surface area (Å²) in [7, 11) is 0. The maximum Gasteiger partial charge on any atom is 0.0499 e. The Morgan fingerprint density at radius 2 is 2.05 bits per heavy atom. The first-order chi connectivity index (χ1) is 9.83. The summed E-state index contributed by atoms with van der Waals surface area (Å²) in [6.45, 7) is 3.23. The molecule has 3 N–H and O–H groups in total. The van der Waals surface area contributed by atoms with Crippen LogP contribution in [0, 0.1) is 5.41 Å². The van der Waals surface area contributed by atoms with Crippen LogP contribution >= 0.6 is 0 Å². The van der Waals surface area contributed by atoms with E-state index >= 15 is 0 Å². The van der Waals surface area contributed by atoms with Crippen LogP contribution in [0.4, 0.5) is 5.69 Å². The van der Waals surface area contributed by atoms with E-state index in [-0.39, 0.29) is 5.41 Å². The number of fused-ring (bicyclic) bond motifs is 1. The third-order valence-corrected chi connectivity index (χ3v) is 5.00. The number of rotatable bonds is 5. The molecule has 3 nitrogen and oxygen atoms in total. The van der Waals surface area contributed by atoms with Gasteiger partial charge in [0.05, 0.1) is 0 Å². The molecule has 1 aliphatic heterocycles. The van der Waals surface area contributed by atoms with Gasteiger partial charge in [0.1, 0.15) is 0 Å². The highest BCUT2D eigenvalue weighted by Gasteiger charge is 2.30. The summed E-state index contributed by atoms with van der Waals surface area (Å²) in [5, 5.41) is 16.8. The largest absolute Gasteiger partial charge is 0.396 e. The van der Waals surface area contributed by atoms with E-state index in [1.807, 2.05) is 0 Å². The number of anilines is 1. The van der Waals surface area contributed by atoms with E-state index in [1.54, 1.807) is 0 Å². The molecule has 0 unspecified atom stereocenters. The first kappa shape index (κ1) is 13.9. The summed E-state index contributed by atoms with van der Waals surface area (Å²) in [6, 6.07) is 6.58.